The third-order valence-corrected chi connectivity index (χ3v) is 3.98. The zero-order chi connectivity index (χ0) is 18.8. The summed E-state index contributed by atoms with van der Waals surface area (Å²) in [6.45, 7) is 0.852. The van der Waals surface area contributed by atoms with Crippen LogP contribution in [0.4, 0.5) is 5.69 Å². The van der Waals surface area contributed by atoms with E-state index in [1.165, 1.54) is 12.7 Å². The lowest BCUT2D eigenvalue weighted by atomic mass is 10.1. The molecule has 4 N–H and O–H groups in total. The number of amides is 2. The number of hydrogen-bond acceptors (Lipinski definition) is 4. The smallest absolute Gasteiger partial charge is 0.251 e. The van der Waals surface area contributed by atoms with Gasteiger partial charge < -0.3 is 21.1 Å². The van der Waals surface area contributed by atoms with Gasteiger partial charge in [0.1, 0.15) is 0 Å². The summed E-state index contributed by atoms with van der Waals surface area (Å²) in [6.07, 6.45) is 0.668. The molecular formula is C20H26ClN3O3. The van der Waals surface area contributed by atoms with Gasteiger partial charge in [-0.05, 0) is 36.2 Å². The maximum Gasteiger partial charge on any atom is 0.251 e. The Balaban J connectivity index is 0.00000364. The Morgan fingerprint density at radius 1 is 1.07 bits per heavy atom. The molecule has 2 amide bonds. The summed E-state index contributed by atoms with van der Waals surface area (Å²) in [7, 11) is 1.52. The summed E-state index contributed by atoms with van der Waals surface area (Å²) in [5.41, 5.74) is 7.86. The highest BCUT2D eigenvalue weighted by atomic mass is 35.5. The molecule has 0 saturated carbocycles. The van der Waals surface area contributed by atoms with Crippen molar-refractivity contribution in [2.75, 3.05) is 25.5 Å². The summed E-state index contributed by atoms with van der Waals surface area (Å²) in [6, 6.07) is 16.8. The van der Waals surface area contributed by atoms with Gasteiger partial charge in [0.15, 0.2) is 0 Å². The highest BCUT2D eigenvalue weighted by Gasteiger charge is 2.12. The van der Waals surface area contributed by atoms with Crippen molar-refractivity contribution in [1.29, 1.82) is 0 Å². The van der Waals surface area contributed by atoms with Gasteiger partial charge in [-0.2, -0.15) is 0 Å². The fourth-order valence-corrected chi connectivity index (χ4v) is 2.45. The molecule has 0 aromatic heterocycles. The second-order valence-corrected chi connectivity index (χ2v) is 5.91. The maximum atomic E-state index is 12.2. The molecule has 146 valence electrons. The summed E-state index contributed by atoms with van der Waals surface area (Å²) in [5.74, 6) is -0.316. The zero-order valence-corrected chi connectivity index (χ0v) is 16.1. The number of ether oxygens (including phenoxy) is 1. The van der Waals surface area contributed by atoms with Gasteiger partial charge >= 0.3 is 0 Å². The van der Waals surface area contributed by atoms with E-state index in [-0.39, 0.29) is 43.3 Å². The third kappa shape index (κ3) is 7.78. The molecule has 1 unspecified atom stereocenters. The van der Waals surface area contributed by atoms with Crippen LogP contribution in [0.3, 0.4) is 0 Å². The second kappa shape index (κ2) is 12.1. The Labute approximate surface area is 165 Å². The van der Waals surface area contributed by atoms with Crippen LogP contribution in [-0.4, -0.2) is 38.1 Å². The number of benzene rings is 2. The Kier molecular flexibility index (Phi) is 10.1. The molecule has 0 aliphatic heterocycles. The van der Waals surface area contributed by atoms with Gasteiger partial charge in [0.05, 0.1) is 12.5 Å². The molecule has 0 radical (unpaired) electrons. The number of methoxy groups -OCH3 is 1. The SMILES string of the molecule is COC(CN)CC(=O)Nc1ccc(C(=O)NCCc2ccccc2)cc1.Cl. The molecule has 0 spiro atoms. The van der Waals surface area contributed by atoms with Crippen molar-refractivity contribution < 1.29 is 14.3 Å². The minimum Gasteiger partial charge on any atom is -0.380 e. The van der Waals surface area contributed by atoms with Crippen molar-refractivity contribution in [2.24, 2.45) is 5.73 Å². The molecule has 0 saturated heterocycles. The van der Waals surface area contributed by atoms with Crippen molar-refractivity contribution >= 4 is 29.9 Å². The molecular weight excluding hydrogens is 366 g/mol. The zero-order valence-electron chi connectivity index (χ0n) is 15.3. The monoisotopic (exact) mass is 391 g/mol. The quantitative estimate of drug-likeness (QED) is 0.611. The van der Waals surface area contributed by atoms with E-state index in [4.69, 9.17) is 10.5 Å². The van der Waals surface area contributed by atoms with E-state index in [9.17, 15) is 9.59 Å². The molecule has 2 aromatic rings. The molecule has 0 aliphatic carbocycles. The predicted octanol–water partition coefficient (Wildman–Crippen LogP) is 2.38. The fraction of sp³-hybridized carbons (Fsp3) is 0.300. The number of carbonyl (C=O) groups excluding carboxylic acids is 2. The summed E-state index contributed by atoms with van der Waals surface area (Å²) >= 11 is 0. The number of rotatable bonds is 9. The Morgan fingerprint density at radius 3 is 2.33 bits per heavy atom. The normalized spacial score (nSPS) is 11.2. The summed E-state index contributed by atoms with van der Waals surface area (Å²) in [5, 5.41) is 5.66. The van der Waals surface area contributed by atoms with Crippen LogP contribution in [0.2, 0.25) is 0 Å². The van der Waals surface area contributed by atoms with E-state index in [0.717, 1.165) is 6.42 Å². The summed E-state index contributed by atoms with van der Waals surface area (Å²) < 4.78 is 5.09. The van der Waals surface area contributed by atoms with Gasteiger partial charge in [0.25, 0.3) is 5.91 Å². The molecule has 0 heterocycles. The van der Waals surface area contributed by atoms with Crippen LogP contribution in [0.15, 0.2) is 54.6 Å². The van der Waals surface area contributed by atoms with Crippen LogP contribution in [-0.2, 0) is 16.0 Å². The van der Waals surface area contributed by atoms with Gasteiger partial charge in [-0.3, -0.25) is 9.59 Å². The van der Waals surface area contributed by atoms with Crippen LogP contribution in [0.25, 0.3) is 0 Å². The number of nitrogens with one attached hydrogen (secondary N) is 2. The molecule has 2 aromatic carbocycles. The standard InChI is InChI=1S/C20H25N3O3.ClH/c1-26-18(14-21)13-19(24)23-17-9-7-16(8-10-17)20(25)22-12-11-15-5-3-2-4-6-15;/h2-10,18H,11-14,21H2,1H3,(H,22,25)(H,23,24);1H. The van der Waals surface area contributed by atoms with E-state index in [1.807, 2.05) is 30.3 Å². The van der Waals surface area contributed by atoms with Gasteiger partial charge in [0, 0.05) is 31.5 Å². The van der Waals surface area contributed by atoms with E-state index in [2.05, 4.69) is 10.6 Å². The van der Waals surface area contributed by atoms with Gasteiger partial charge in [-0.25, -0.2) is 0 Å². The van der Waals surface area contributed by atoms with Crippen LogP contribution in [0.1, 0.15) is 22.3 Å². The minimum absolute atomic E-state index is 0. The maximum absolute atomic E-state index is 12.2. The van der Waals surface area contributed by atoms with Gasteiger partial charge in [0.2, 0.25) is 5.91 Å². The molecule has 0 fully saturated rings. The van der Waals surface area contributed by atoms with Crippen molar-refractivity contribution in [3.05, 3.63) is 65.7 Å². The van der Waals surface area contributed by atoms with Crippen LogP contribution in [0.5, 0.6) is 0 Å². The Morgan fingerprint density at radius 2 is 1.74 bits per heavy atom. The lowest BCUT2D eigenvalue weighted by molar-refractivity contribution is -0.118. The van der Waals surface area contributed by atoms with Crippen molar-refractivity contribution in [3.63, 3.8) is 0 Å². The number of carbonyl (C=O) groups is 2. The molecule has 7 heteroatoms. The molecule has 1 atom stereocenters. The van der Waals surface area contributed by atoms with Gasteiger partial charge in [-0.1, -0.05) is 30.3 Å². The van der Waals surface area contributed by atoms with E-state index in [0.29, 0.717) is 17.8 Å². The lowest BCUT2D eigenvalue weighted by Crippen LogP contribution is -2.28. The number of nitrogens with two attached hydrogens (primary N) is 1. The minimum atomic E-state index is -0.301. The number of anilines is 1. The van der Waals surface area contributed by atoms with E-state index in [1.54, 1.807) is 24.3 Å². The van der Waals surface area contributed by atoms with Crippen molar-refractivity contribution in [2.45, 2.75) is 18.9 Å². The topological polar surface area (TPSA) is 93.4 Å². The van der Waals surface area contributed by atoms with Crippen molar-refractivity contribution in [3.8, 4) is 0 Å². The number of halogens is 1. The predicted molar refractivity (Wildman–Crippen MR) is 109 cm³/mol. The second-order valence-electron chi connectivity index (χ2n) is 5.91. The fourth-order valence-electron chi connectivity index (χ4n) is 2.45. The molecule has 2 rings (SSSR count). The van der Waals surface area contributed by atoms with Crippen molar-refractivity contribution in [1.82, 2.24) is 5.32 Å². The van der Waals surface area contributed by atoms with Crippen LogP contribution < -0.4 is 16.4 Å². The van der Waals surface area contributed by atoms with Crippen LogP contribution in [0, 0.1) is 0 Å². The van der Waals surface area contributed by atoms with E-state index < -0.39 is 0 Å². The summed E-state index contributed by atoms with van der Waals surface area (Å²) in [4.78, 5) is 24.1. The van der Waals surface area contributed by atoms with Crippen LogP contribution >= 0.6 is 12.4 Å². The molecule has 0 aliphatic rings. The third-order valence-electron chi connectivity index (χ3n) is 3.98. The largest absolute Gasteiger partial charge is 0.380 e. The van der Waals surface area contributed by atoms with Gasteiger partial charge in [-0.15, -0.1) is 12.4 Å². The average Bonchev–Trinajstić information content (AvgIpc) is 2.67. The lowest BCUT2D eigenvalue weighted by Gasteiger charge is -2.12. The molecule has 0 bridgehead atoms. The first-order valence-electron chi connectivity index (χ1n) is 8.57. The first-order valence-corrected chi connectivity index (χ1v) is 8.57. The highest BCUT2D eigenvalue weighted by molar-refractivity contribution is 5.95. The molecule has 6 nitrogen and oxygen atoms in total. The Bertz CT molecular complexity index is 704. The Hall–Kier alpha value is -2.41. The average molecular weight is 392 g/mol. The number of hydrogen-bond donors (Lipinski definition) is 3. The van der Waals surface area contributed by atoms with E-state index >= 15 is 0 Å². The molecule has 27 heavy (non-hydrogen) atoms. The first kappa shape index (κ1) is 22.6. The highest BCUT2D eigenvalue weighted by Crippen LogP contribution is 2.11. The first-order chi connectivity index (χ1) is 12.6.